The van der Waals surface area contributed by atoms with Crippen molar-refractivity contribution in [1.82, 2.24) is 4.98 Å². The van der Waals surface area contributed by atoms with Crippen LogP contribution in [-0.2, 0) is 5.41 Å². The number of nitrogens with zero attached hydrogens (tertiary/aromatic N) is 2. The molecule has 0 atom stereocenters. The topological polar surface area (TPSA) is 48.7 Å². The van der Waals surface area contributed by atoms with E-state index in [1.807, 2.05) is 12.1 Å². The van der Waals surface area contributed by atoms with E-state index in [0.717, 1.165) is 18.4 Å². The summed E-state index contributed by atoms with van der Waals surface area (Å²) < 4.78 is 13.9. The zero-order valence-corrected chi connectivity index (χ0v) is 10.9. The second kappa shape index (κ2) is 4.93. The van der Waals surface area contributed by atoms with Crippen molar-refractivity contribution in [3.05, 3.63) is 59.5 Å². The SMILES string of the molecule is N#Cc1cccnc1NCC1(c2ccccc2F)CC1. The molecule has 20 heavy (non-hydrogen) atoms. The van der Waals surface area contributed by atoms with Gasteiger partial charge in [-0.2, -0.15) is 5.26 Å². The first-order chi connectivity index (χ1) is 9.75. The molecular weight excluding hydrogens is 253 g/mol. The summed E-state index contributed by atoms with van der Waals surface area (Å²) in [6.07, 6.45) is 3.55. The Kier molecular flexibility index (Phi) is 3.11. The lowest BCUT2D eigenvalue weighted by molar-refractivity contribution is 0.578. The lowest BCUT2D eigenvalue weighted by atomic mass is 9.95. The van der Waals surface area contributed by atoms with E-state index in [0.29, 0.717) is 17.9 Å². The lowest BCUT2D eigenvalue weighted by Gasteiger charge is -2.18. The summed E-state index contributed by atoms with van der Waals surface area (Å²) >= 11 is 0. The molecule has 3 nitrogen and oxygen atoms in total. The molecular formula is C16H14FN3. The number of aromatic nitrogens is 1. The number of pyridine rings is 1. The van der Waals surface area contributed by atoms with Gasteiger partial charge < -0.3 is 5.32 Å². The number of rotatable bonds is 4. The van der Waals surface area contributed by atoms with Crippen LogP contribution >= 0.6 is 0 Å². The molecule has 0 radical (unpaired) electrons. The van der Waals surface area contributed by atoms with Crippen molar-refractivity contribution >= 4 is 5.82 Å². The summed E-state index contributed by atoms with van der Waals surface area (Å²) in [5, 5.41) is 12.2. The van der Waals surface area contributed by atoms with Gasteiger partial charge in [-0.3, -0.25) is 0 Å². The number of nitrogens with one attached hydrogen (secondary N) is 1. The third kappa shape index (κ3) is 2.23. The lowest BCUT2D eigenvalue weighted by Crippen LogP contribution is -2.21. The van der Waals surface area contributed by atoms with Crippen LogP contribution in [0.15, 0.2) is 42.6 Å². The molecule has 0 bridgehead atoms. The van der Waals surface area contributed by atoms with Crippen molar-refractivity contribution in [3.8, 4) is 6.07 Å². The fourth-order valence-corrected chi connectivity index (χ4v) is 2.47. The highest BCUT2D eigenvalue weighted by Gasteiger charge is 2.45. The summed E-state index contributed by atoms with van der Waals surface area (Å²) in [4.78, 5) is 4.17. The van der Waals surface area contributed by atoms with Crippen LogP contribution in [-0.4, -0.2) is 11.5 Å². The Morgan fingerprint density at radius 3 is 2.75 bits per heavy atom. The van der Waals surface area contributed by atoms with E-state index in [-0.39, 0.29) is 11.2 Å². The molecule has 1 N–H and O–H groups in total. The van der Waals surface area contributed by atoms with Gasteiger partial charge in [-0.25, -0.2) is 9.37 Å². The number of nitriles is 1. The highest BCUT2D eigenvalue weighted by molar-refractivity contribution is 5.52. The average Bonchev–Trinajstić information content (AvgIpc) is 3.27. The van der Waals surface area contributed by atoms with Crippen molar-refractivity contribution in [1.29, 1.82) is 5.26 Å². The Balaban J connectivity index is 1.79. The zero-order valence-electron chi connectivity index (χ0n) is 10.9. The van der Waals surface area contributed by atoms with Crippen LogP contribution in [0.4, 0.5) is 10.2 Å². The van der Waals surface area contributed by atoms with Crippen LogP contribution in [0.1, 0.15) is 24.0 Å². The molecule has 0 spiro atoms. The molecule has 0 unspecified atom stereocenters. The molecule has 1 saturated carbocycles. The molecule has 1 aromatic carbocycles. The van der Waals surface area contributed by atoms with Gasteiger partial charge in [0.15, 0.2) is 0 Å². The molecule has 100 valence electrons. The van der Waals surface area contributed by atoms with Crippen molar-refractivity contribution in [2.75, 3.05) is 11.9 Å². The maximum Gasteiger partial charge on any atom is 0.143 e. The second-order valence-electron chi connectivity index (χ2n) is 5.13. The second-order valence-corrected chi connectivity index (χ2v) is 5.13. The van der Waals surface area contributed by atoms with Crippen LogP contribution in [0.2, 0.25) is 0 Å². The summed E-state index contributed by atoms with van der Waals surface area (Å²) in [6.45, 7) is 0.597. The van der Waals surface area contributed by atoms with Crippen molar-refractivity contribution < 1.29 is 4.39 Å². The van der Waals surface area contributed by atoms with Gasteiger partial charge in [0.1, 0.15) is 17.7 Å². The molecule has 1 aliphatic rings. The molecule has 4 heteroatoms. The van der Waals surface area contributed by atoms with Gasteiger partial charge in [-0.05, 0) is 36.6 Å². The summed E-state index contributed by atoms with van der Waals surface area (Å²) in [6, 6.07) is 12.5. The van der Waals surface area contributed by atoms with Gasteiger partial charge in [0.2, 0.25) is 0 Å². The summed E-state index contributed by atoms with van der Waals surface area (Å²) in [5.74, 6) is 0.408. The number of hydrogen-bond donors (Lipinski definition) is 1. The molecule has 0 amide bonds. The fourth-order valence-electron chi connectivity index (χ4n) is 2.47. The third-order valence-electron chi connectivity index (χ3n) is 3.82. The first-order valence-electron chi connectivity index (χ1n) is 6.59. The van der Waals surface area contributed by atoms with E-state index < -0.39 is 0 Å². The fraction of sp³-hybridized carbons (Fsp3) is 0.250. The molecule has 1 aromatic heterocycles. The van der Waals surface area contributed by atoms with E-state index in [9.17, 15) is 4.39 Å². The molecule has 3 rings (SSSR count). The maximum absolute atomic E-state index is 13.9. The number of halogens is 1. The monoisotopic (exact) mass is 267 g/mol. The Labute approximate surface area is 117 Å². The van der Waals surface area contributed by atoms with Gasteiger partial charge in [0, 0.05) is 18.2 Å². The predicted molar refractivity (Wildman–Crippen MR) is 74.8 cm³/mol. The Morgan fingerprint density at radius 1 is 1.25 bits per heavy atom. The van der Waals surface area contributed by atoms with Crippen molar-refractivity contribution in [2.24, 2.45) is 0 Å². The van der Waals surface area contributed by atoms with Crippen molar-refractivity contribution in [3.63, 3.8) is 0 Å². The van der Waals surface area contributed by atoms with Crippen LogP contribution in [0.3, 0.4) is 0 Å². The minimum absolute atomic E-state index is 0.157. The van der Waals surface area contributed by atoms with Crippen LogP contribution in [0.5, 0.6) is 0 Å². The van der Waals surface area contributed by atoms with Gasteiger partial charge >= 0.3 is 0 Å². The van der Waals surface area contributed by atoms with Crippen molar-refractivity contribution in [2.45, 2.75) is 18.3 Å². The molecule has 1 fully saturated rings. The minimum atomic E-state index is -0.159. The van der Waals surface area contributed by atoms with Gasteiger partial charge in [0.25, 0.3) is 0 Å². The molecule has 0 aliphatic heterocycles. The summed E-state index contributed by atoms with van der Waals surface area (Å²) in [5.41, 5.74) is 1.11. The smallest absolute Gasteiger partial charge is 0.143 e. The summed E-state index contributed by atoms with van der Waals surface area (Å²) in [7, 11) is 0. The first-order valence-corrected chi connectivity index (χ1v) is 6.59. The largest absolute Gasteiger partial charge is 0.368 e. The molecule has 0 saturated heterocycles. The van der Waals surface area contributed by atoms with Gasteiger partial charge in [0.05, 0.1) is 5.56 Å². The Hall–Kier alpha value is -2.41. The minimum Gasteiger partial charge on any atom is -0.368 e. The Morgan fingerprint density at radius 2 is 2.05 bits per heavy atom. The number of benzene rings is 1. The van der Waals surface area contributed by atoms with E-state index in [4.69, 9.17) is 5.26 Å². The van der Waals surface area contributed by atoms with Crippen LogP contribution < -0.4 is 5.32 Å². The standard InChI is InChI=1S/C16H14FN3/c17-14-6-2-1-5-13(14)16(7-8-16)11-20-15-12(10-18)4-3-9-19-15/h1-6,9H,7-8,11H2,(H,19,20). The first kappa shape index (κ1) is 12.6. The maximum atomic E-state index is 13.9. The van der Waals surface area contributed by atoms with E-state index in [1.165, 1.54) is 6.07 Å². The van der Waals surface area contributed by atoms with E-state index in [2.05, 4.69) is 16.4 Å². The highest BCUT2D eigenvalue weighted by Crippen LogP contribution is 2.49. The van der Waals surface area contributed by atoms with Crippen LogP contribution in [0.25, 0.3) is 0 Å². The number of hydrogen-bond acceptors (Lipinski definition) is 3. The van der Waals surface area contributed by atoms with Gasteiger partial charge in [-0.1, -0.05) is 18.2 Å². The normalized spacial score (nSPS) is 15.4. The van der Waals surface area contributed by atoms with Gasteiger partial charge in [-0.15, -0.1) is 0 Å². The average molecular weight is 267 g/mol. The van der Waals surface area contributed by atoms with Crippen LogP contribution in [0, 0.1) is 17.1 Å². The molecule has 1 aliphatic carbocycles. The number of anilines is 1. The quantitative estimate of drug-likeness (QED) is 0.925. The predicted octanol–water partition coefficient (Wildman–Crippen LogP) is 3.24. The van der Waals surface area contributed by atoms with E-state index >= 15 is 0 Å². The van der Waals surface area contributed by atoms with E-state index in [1.54, 1.807) is 24.4 Å². The molecule has 1 heterocycles. The highest BCUT2D eigenvalue weighted by atomic mass is 19.1. The Bertz CT molecular complexity index is 671. The zero-order chi connectivity index (χ0) is 14.0. The third-order valence-corrected chi connectivity index (χ3v) is 3.82. The molecule has 2 aromatic rings.